The summed E-state index contributed by atoms with van der Waals surface area (Å²) in [6.45, 7) is 0.659. The molecule has 1 saturated heterocycles. The normalized spacial score (nSPS) is 18.2. The first-order valence-electron chi connectivity index (χ1n) is 6.74. The fourth-order valence-electron chi connectivity index (χ4n) is 2.26. The van der Waals surface area contributed by atoms with Crippen LogP contribution in [0.4, 0.5) is 0 Å². The summed E-state index contributed by atoms with van der Waals surface area (Å²) >= 11 is 0. The van der Waals surface area contributed by atoms with Gasteiger partial charge in [0.05, 0.1) is 18.8 Å². The number of rotatable bonds is 3. The number of ether oxygens (including phenoxy) is 1. The van der Waals surface area contributed by atoms with Crippen LogP contribution >= 0.6 is 0 Å². The van der Waals surface area contributed by atoms with Gasteiger partial charge in [-0.15, -0.1) is 0 Å². The summed E-state index contributed by atoms with van der Waals surface area (Å²) in [6.07, 6.45) is 2.03. The summed E-state index contributed by atoms with van der Waals surface area (Å²) in [7, 11) is 0. The molecular weight excluding hydrogens is 288 g/mol. The van der Waals surface area contributed by atoms with Gasteiger partial charge in [-0.05, 0) is 24.3 Å². The summed E-state index contributed by atoms with van der Waals surface area (Å²) in [6, 6.07) is 6.89. The lowest BCUT2D eigenvalue weighted by molar-refractivity contribution is -0.154. The molecule has 1 aliphatic rings. The minimum atomic E-state index is -1.06. The van der Waals surface area contributed by atoms with Crippen molar-refractivity contribution in [3.63, 3.8) is 0 Å². The maximum absolute atomic E-state index is 12.4. The van der Waals surface area contributed by atoms with Crippen molar-refractivity contribution >= 4 is 11.9 Å². The van der Waals surface area contributed by atoms with E-state index >= 15 is 0 Å². The quantitative estimate of drug-likeness (QED) is 0.869. The number of aromatic nitrogens is 3. The van der Waals surface area contributed by atoms with Gasteiger partial charge in [-0.1, -0.05) is 0 Å². The van der Waals surface area contributed by atoms with Crippen molar-refractivity contribution in [3.8, 4) is 5.69 Å². The fraction of sp³-hybridized carbons (Fsp3) is 0.286. The minimum absolute atomic E-state index is 0.0546. The number of amides is 1. The van der Waals surface area contributed by atoms with Crippen LogP contribution in [0.15, 0.2) is 36.9 Å². The SMILES string of the molecule is O=C(O)[C@@H]1CN(C(=O)c2ccc(-n3cncn3)cc2)CCO1. The van der Waals surface area contributed by atoms with Crippen LogP contribution < -0.4 is 0 Å². The first kappa shape index (κ1) is 14.2. The van der Waals surface area contributed by atoms with Gasteiger partial charge in [0.2, 0.25) is 0 Å². The average molecular weight is 302 g/mol. The lowest BCUT2D eigenvalue weighted by atomic mass is 10.1. The van der Waals surface area contributed by atoms with Crippen molar-refractivity contribution in [2.75, 3.05) is 19.7 Å². The zero-order chi connectivity index (χ0) is 15.5. The molecule has 3 rings (SSSR count). The van der Waals surface area contributed by atoms with Gasteiger partial charge >= 0.3 is 5.97 Å². The number of aliphatic carboxylic acids is 1. The van der Waals surface area contributed by atoms with Crippen LogP contribution in [0, 0.1) is 0 Å². The lowest BCUT2D eigenvalue weighted by Gasteiger charge is -2.30. The van der Waals surface area contributed by atoms with E-state index in [0.29, 0.717) is 12.1 Å². The monoisotopic (exact) mass is 302 g/mol. The van der Waals surface area contributed by atoms with Gasteiger partial charge in [0.25, 0.3) is 5.91 Å². The summed E-state index contributed by atoms with van der Waals surface area (Å²) in [5.41, 5.74) is 1.29. The fourth-order valence-corrected chi connectivity index (χ4v) is 2.26. The molecule has 1 atom stereocenters. The van der Waals surface area contributed by atoms with Crippen LogP contribution in [0.3, 0.4) is 0 Å². The van der Waals surface area contributed by atoms with Gasteiger partial charge in [-0.25, -0.2) is 14.5 Å². The van der Waals surface area contributed by atoms with Crippen LogP contribution in [0.1, 0.15) is 10.4 Å². The predicted molar refractivity (Wildman–Crippen MR) is 74.6 cm³/mol. The Kier molecular flexibility index (Phi) is 3.84. The van der Waals surface area contributed by atoms with Crippen molar-refractivity contribution in [3.05, 3.63) is 42.5 Å². The number of benzene rings is 1. The topological polar surface area (TPSA) is 97.6 Å². The molecule has 1 aliphatic heterocycles. The van der Waals surface area contributed by atoms with E-state index in [1.807, 2.05) is 0 Å². The Morgan fingerprint density at radius 1 is 1.27 bits per heavy atom. The molecule has 0 spiro atoms. The van der Waals surface area contributed by atoms with Crippen LogP contribution in [0.2, 0.25) is 0 Å². The van der Waals surface area contributed by atoms with Gasteiger partial charge in [0.15, 0.2) is 6.10 Å². The number of carboxylic acid groups (broad SMARTS) is 1. The molecule has 8 nitrogen and oxygen atoms in total. The van der Waals surface area contributed by atoms with Gasteiger partial charge in [-0.3, -0.25) is 4.79 Å². The smallest absolute Gasteiger partial charge is 0.334 e. The van der Waals surface area contributed by atoms with E-state index in [1.54, 1.807) is 35.3 Å². The van der Waals surface area contributed by atoms with Crippen molar-refractivity contribution in [1.82, 2.24) is 19.7 Å². The Labute approximate surface area is 125 Å². The Hall–Kier alpha value is -2.74. The van der Waals surface area contributed by atoms with Gasteiger partial charge in [0, 0.05) is 12.1 Å². The minimum Gasteiger partial charge on any atom is -0.479 e. The predicted octanol–water partition coefficient (Wildman–Crippen LogP) is 0.193. The van der Waals surface area contributed by atoms with Crippen LogP contribution in [0.5, 0.6) is 0 Å². The Balaban J connectivity index is 1.73. The molecular formula is C14H14N4O4. The van der Waals surface area contributed by atoms with Gasteiger partial charge in [-0.2, -0.15) is 5.10 Å². The van der Waals surface area contributed by atoms with E-state index in [2.05, 4.69) is 10.1 Å². The maximum Gasteiger partial charge on any atom is 0.334 e. The largest absolute Gasteiger partial charge is 0.479 e. The molecule has 1 aromatic heterocycles. The van der Waals surface area contributed by atoms with Crippen molar-refractivity contribution in [1.29, 1.82) is 0 Å². The molecule has 1 N–H and O–H groups in total. The molecule has 0 aliphatic carbocycles. The molecule has 1 amide bonds. The number of hydrogen-bond acceptors (Lipinski definition) is 5. The van der Waals surface area contributed by atoms with Gasteiger partial charge in [0.1, 0.15) is 12.7 Å². The highest BCUT2D eigenvalue weighted by atomic mass is 16.5. The van der Waals surface area contributed by atoms with E-state index < -0.39 is 12.1 Å². The second-order valence-corrected chi connectivity index (χ2v) is 4.84. The van der Waals surface area contributed by atoms with E-state index in [9.17, 15) is 9.59 Å². The lowest BCUT2D eigenvalue weighted by Crippen LogP contribution is -2.48. The maximum atomic E-state index is 12.4. The average Bonchev–Trinajstić information content (AvgIpc) is 3.09. The van der Waals surface area contributed by atoms with E-state index in [4.69, 9.17) is 9.84 Å². The molecule has 2 aromatic rings. The summed E-state index contributed by atoms with van der Waals surface area (Å²) in [4.78, 5) is 28.7. The van der Waals surface area contributed by atoms with Gasteiger partial charge < -0.3 is 14.7 Å². The highest BCUT2D eigenvalue weighted by molar-refractivity contribution is 5.94. The van der Waals surface area contributed by atoms with E-state index in [0.717, 1.165) is 5.69 Å². The number of nitrogens with zero attached hydrogens (tertiary/aromatic N) is 4. The Morgan fingerprint density at radius 3 is 2.68 bits per heavy atom. The molecule has 0 bridgehead atoms. The highest BCUT2D eigenvalue weighted by Crippen LogP contribution is 2.13. The third kappa shape index (κ3) is 2.82. The Bertz CT molecular complexity index is 669. The van der Waals surface area contributed by atoms with Crippen molar-refractivity contribution < 1.29 is 19.4 Å². The number of carboxylic acids is 1. The molecule has 22 heavy (non-hydrogen) atoms. The first-order chi connectivity index (χ1) is 10.6. The van der Waals surface area contributed by atoms with E-state index in [1.165, 1.54) is 11.2 Å². The molecule has 2 heterocycles. The van der Waals surface area contributed by atoms with E-state index in [-0.39, 0.29) is 19.1 Å². The first-order valence-corrected chi connectivity index (χ1v) is 6.74. The Morgan fingerprint density at radius 2 is 2.05 bits per heavy atom. The molecule has 8 heteroatoms. The number of hydrogen-bond donors (Lipinski definition) is 1. The van der Waals surface area contributed by atoms with Crippen LogP contribution in [-0.2, 0) is 9.53 Å². The standard InChI is InChI=1S/C14H14N4O4/c19-13(17-5-6-22-12(7-17)14(20)21)10-1-3-11(4-2-10)18-9-15-8-16-18/h1-4,8-9,12H,5-7H2,(H,20,21)/t12-/m0/s1. The summed E-state index contributed by atoms with van der Waals surface area (Å²) in [5.74, 6) is -1.27. The zero-order valence-electron chi connectivity index (χ0n) is 11.6. The second kappa shape index (κ2) is 5.94. The molecule has 1 aromatic carbocycles. The molecule has 0 saturated carbocycles. The zero-order valence-corrected chi connectivity index (χ0v) is 11.6. The van der Waals surface area contributed by atoms with Crippen molar-refractivity contribution in [2.24, 2.45) is 0 Å². The highest BCUT2D eigenvalue weighted by Gasteiger charge is 2.29. The van der Waals surface area contributed by atoms with Crippen LogP contribution in [0.25, 0.3) is 5.69 Å². The summed E-state index contributed by atoms with van der Waals surface area (Å²) < 4.78 is 6.70. The second-order valence-electron chi connectivity index (χ2n) is 4.84. The molecule has 1 fully saturated rings. The molecule has 114 valence electrons. The number of carbonyl (C=O) groups excluding carboxylic acids is 1. The third-order valence-corrected chi connectivity index (χ3v) is 3.43. The summed E-state index contributed by atoms with van der Waals surface area (Å²) in [5, 5.41) is 13.0. The number of morpholine rings is 1. The van der Waals surface area contributed by atoms with Crippen molar-refractivity contribution in [2.45, 2.75) is 6.10 Å². The number of carbonyl (C=O) groups is 2. The molecule has 0 unspecified atom stereocenters. The van der Waals surface area contributed by atoms with Crippen LogP contribution in [-0.4, -0.2) is 62.4 Å². The third-order valence-electron chi connectivity index (χ3n) is 3.43. The molecule has 0 radical (unpaired) electrons.